The van der Waals surface area contributed by atoms with Crippen LogP contribution in [0.2, 0.25) is 0 Å². The molecular formula is C27H25N3O4. The summed E-state index contributed by atoms with van der Waals surface area (Å²) >= 11 is 0. The van der Waals surface area contributed by atoms with Crippen molar-refractivity contribution in [3.05, 3.63) is 99.0 Å². The van der Waals surface area contributed by atoms with Crippen LogP contribution < -0.4 is 15.5 Å². The van der Waals surface area contributed by atoms with E-state index in [1.807, 2.05) is 32.0 Å². The summed E-state index contributed by atoms with van der Waals surface area (Å²) in [7, 11) is 1.47. The maximum atomic E-state index is 13.3. The molecule has 0 atom stereocenters. The molecule has 2 aromatic carbocycles. The van der Waals surface area contributed by atoms with Gasteiger partial charge in [0.2, 0.25) is 17.1 Å². The molecule has 4 rings (SSSR count). The number of ketones is 1. The van der Waals surface area contributed by atoms with Crippen LogP contribution in [0, 0.1) is 20.8 Å². The Morgan fingerprint density at radius 2 is 1.76 bits per heavy atom. The number of pyridine rings is 2. The SMILES string of the molecule is COc1ccccc1C(=O)c1cn(CC(=O)Nc2ccc(C)cc2C)c2nc(C)ccc2c1=O. The summed E-state index contributed by atoms with van der Waals surface area (Å²) in [5.74, 6) is -0.405. The number of carbonyl (C=O) groups excluding carboxylic acids is 2. The largest absolute Gasteiger partial charge is 0.496 e. The van der Waals surface area contributed by atoms with Gasteiger partial charge in [0.15, 0.2) is 0 Å². The van der Waals surface area contributed by atoms with Crippen molar-refractivity contribution in [1.82, 2.24) is 9.55 Å². The lowest BCUT2D eigenvalue weighted by molar-refractivity contribution is -0.116. The van der Waals surface area contributed by atoms with Crippen LogP contribution in [-0.2, 0) is 11.3 Å². The molecular weight excluding hydrogens is 430 g/mol. The summed E-state index contributed by atoms with van der Waals surface area (Å²) in [6.45, 7) is 5.59. The van der Waals surface area contributed by atoms with Gasteiger partial charge in [-0.15, -0.1) is 0 Å². The van der Waals surface area contributed by atoms with Gasteiger partial charge in [-0.3, -0.25) is 14.4 Å². The first kappa shape index (κ1) is 22.9. The van der Waals surface area contributed by atoms with Gasteiger partial charge in [-0.05, 0) is 56.7 Å². The molecule has 0 unspecified atom stereocenters. The number of methoxy groups -OCH3 is 1. The van der Waals surface area contributed by atoms with E-state index in [0.29, 0.717) is 22.8 Å². The number of ether oxygens (including phenoxy) is 1. The fraction of sp³-hybridized carbons (Fsp3) is 0.185. The highest BCUT2D eigenvalue weighted by Gasteiger charge is 2.21. The Hall–Kier alpha value is -4.26. The molecule has 7 heteroatoms. The molecule has 0 aliphatic heterocycles. The molecule has 4 aromatic rings. The van der Waals surface area contributed by atoms with Gasteiger partial charge < -0.3 is 14.6 Å². The van der Waals surface area contributed by atoms with Crippen molar-refractivity contribution in [2.24, 2.45) is 0 Å². The van der Waals surface area contributed by atoms with Gasteiger partial charge in [0.25, 0.3) is 0 Å². The number of carbonyl (C=O) groups is 2. The number of aromatic nitrogens is 2. The van der Waals surface area contributed by atoms with Gasteiger partial charge in [-0.2, -0.15) is 0 Å². The number of hydrogen-bond donors (Lipinski definition) is 1. The molecule has 1 amide bonds. The Morgan fingerprint density at radius 1 is 1.00 bits per heavy atom. The monoisotopic (exact) mass is 455 g/mol. The number of rotatable bonds is 6. The first-order chi connectivity index (χ1) is 16.3. The van der Waals surface area contributed by atoms with Gasteiger partial charge in [-0.25, -0.2) is 4.98 Å². The van der Waals surface area contributed by atoms with Crippen LogP contribution in [0.1, 0.15) is 32.7 Å². The Labute approximate surface area is 197 Å². The molecule has 0 aliphatic rings. The Kier molecular flexibility index (Phi) is 6.27. The van der Waals surface area contributed by atoms with Gasteiger partial charge in [0, 0.05) is 17.6 Å². The number of hydrogen-bond acceptors (Lipinski definition) is 5. The van der Waals surface area contributed by atoms with Crippen molar-refractivity contribution in [3.8, 4) is 5.75 Å². The van der Waals surface area contributed by atoms with E-state index >= 15 is 0 Å². The fourth-order valence-electron chi connectivity index (χ4n) is 3.92. The third-order valence-corrected chi connectivity index (χ3v) is 5.63. The number of para-hydroxylation sites is 1. The van der Waals surface area contributed by atoms with Crippen LogP contribution in [0.5, 0.6) is 5.75 Å². The molecule has 34 heavy (non-hydrogen) atoms. The normalized spacial score (nSPS) is 10.8. The van der Waals surface area contributed by atoms with Crippen LogP contribution >= 0.6 is 0 Å². The minimum absolute atomic E-state index is 0.0537. The zero-order valence-corrected chi connectivity index (χ0v) is 19.5. The summed E-state index contributed by atoms with van der Waals surface area (Å²) in [5, 5.41) is 3.18. The van der Waals surface area contributed by atoms with E-state index in [1.54, 1.807) is 47.9 Å². The predicted molar refractivity (Wildman–Crippen MR) is 132 cm³/mol. The zero-order valence-electron chi connectivity index (χ0n) is 19.5. The second-order valence-corrected chi connectivity index (χ2v) is 8.22. The quantitative estimate of drug-likeness (QED) is 0.440. The Bertz CT molecular complexity index is 1490. The molecule has 0 saturated carbocycles. The fourth-order valence-corrected chi connectivity index (χ4v) is 3.92. The van der Waals surface area contributed by atoms with E-state index in [4.69, 9.17) is 4.74 Å². The van der Waals surface area contributed by atoms with E-state index < -0.39 is 11.2 Å². The van der Waals surface area contributed by atoms with Crippen molar-refractivity contribution in [1.29, 1.82) is 0 Å². The minimum atomic E-state index is -0.478. The van der Waals surface area contributed by atoms with E-state index in [0.717, 1.165) is 11.1 Å². The maximum Gasteiger partial charge on any atom is 0.244 e. The van der Waals surface area contributed by atoms with E-state index in [9.17, 15) is 14.4 Å². The van der Waals surface area contributed by atoms with Crippen LogP contribution in [0.3, 0.4) is 0 Å². The van der Waals surface area contributed by atoms with Crippen LogP contribution in [0.15, 0.2) is 65.6 Å². The highest BCUT2D eigenvalue weighted by atomic mass is 16.5. The van der Waals surface area contributed by atoms with Crippen molar-refractivity contribution < 1.29 is 14.3 Å². The number of fused-ring (bicyclic) bond motifs is 1. The molecule has 0 radical (unpaired) electrons. The molecule has 0 aliphatic carbocycles. The smallest absolute Gasteiger partial charge is 0.244 e. The average Bonchev–Trinajstić information content (AvgIpc) is 2.82. The number of anilines is 1. The maximum absolute atomic E-state index is 13.3. The minimum Gasteiger partial charge on any atom is -0.496 e. The average molecular weight is 456 g/mol. The van der Waals surface area contributed by atoms with E-state index in [-0.39, 0.29) is 29.0 Å². The molecule has 0 bridgehead atoms. The lowest BCUT2D eigenvalue weighted by Crippen LogP contribution is -2.25. The molecule has 0 saturated heterocycles. The second kappa shape index (κ2) is 9.31. The Morgan fingerprint density at radius 3 is 2.50 bits per heavy atom. The van der Waals surface area contributed by atoms with Crippen molar-refractivity contribution >= 4 is 28.4 Å². The molecule has 172 valence electrons. The lowest BCUT2D eigenvalue weighted by atomic mass is 10.0. The van der Waals surface area contributed by atoms with Crippen molar-refractivity contribution in [2.45, 2.75) is 27.3 Å². The number of nitrogens with zero attached hydrogens (tertiary/aromatic N) is 2. The van der Waals surface area contributed by atoms with Crippen molar-refractivity contribution in [3.63, 3.8) is 0 Å². The molecule has 0 spiro atoms. The molecule has 2 heterocycles. The molecule has 7 nitrogen and oxygen atoms in total. The highest BCUT2D eigenvalue weighted by Crippen LogP contribution is 2.22. The number of amides is 1. The predicted octanol–water partition coefficient (Wildman–Crippen LogP) is 4.20. The first-order valence-corrected chi connectivity index (χ1v) is 10.8. The molecule has 0 fully saturated rings. The van der Waals surface area contributed by atoms with Gasteiger partial charge in [0.1, 0.15) is 17.9 Å². The van der Waals surface area contributed by atoms with Gasteiger partial charge >= 0.3 is 0 Å². The standard InChI is InChI=1S/C27H25N3O4/c1-16-9-12-22(17(2)13-16)29-24(31)15-30-14-21(25(32)19-7-5-6-8-23(19)34-4)26(33)20-11-10-18(3)28-27(20)30/h5-14H,15H2,1-4H3,(H,29,31). The summed E-state index contributed by atoms with van der Waals surface area (Å²) in [6, 6.07) is 15.8. The number of nitrogens with one attached hydrogen (secondary N) is 1. The summed E-state index contributed by atoms with van der Waals surface area (Å²) in [4.78, 5) is 44.0. The van der Waals surface area contributed by atoms with Crippen LogP contribution in [0.25, 0.3) is 11.0 Å². The van der Waals surface area contributed by atoms with Crippen molar-refractivity contribution in [2.75, 3.05) is 12.4 Å². The topological polar surface area (TPSA) is 90.3 Å². The van der Waals surface area contributed by atoms with Crippen LogP contribution in [-0.4, -0.2) is 28.4 Å². The number of benzene rings is 2. The van der Waals surface area contributed by atoms with E-state index in [2.05, 4.69) is 10.3 Å². The third-order valence-electron chi connectivity index (χ3n) is 5.63. The summed E-state index contributed by atoms with van der Waals surface area (Å²) < 4.78 is 6.85. The second-order valence-electron chi connectivity index (χ2n) is 8.22. The third kappa shape index (κ3) is 4.45. The summed E-state index contributed by atoms with van der Waals surface area (Å²) in [6.07, 6.45) is 1.41. The lowest BCUT2D eigenvalue weighted by Gasteiger charge is -2.15. The van der Waals surface area contributed by atoms with E-state index in [1.165, 1.54) is 13.3 Å². The number of aryl methyl sites for hydroxylation is 3. The van der Waals surface area contributed by atoms with Gasteiger partial charge in [-0.1, -0.05) is 29.8 Å². The highest BCUT2D eigenvalue weighted by molar-refractivity contribution is 6.11. The molecule has 2 aromatic heterocycles. The zero-order chi connectivity index (χ0) is 24.4. The van der Waals surface area contributed by atoms with Gasteiger partial charge in [0.05, 0.1) is 23.6 Å². The summed E-state index contributed by atoms with van der Waals surface area (Å²) in [5.41, 5.74) is 3.56. The van der Waals surface area contributed by atoms with Crippen LogP contribution in [0.4, 0.5) is 5.69 Å². The first-order valence-electron chi connectivity index (χ1n) is 10.8. The Balaban J connectivity index is 1.78. The molecule has 1 N–H and O–H groups in total.